The Morgan fingerprint density at radius 1 is 1.62 bits per heavy atom. The number of rotatable bonds is 4. The molecule has 0 aliphatic heterocycles. The molecule has 1 amide bonds. The summed E-state index contributed by atoms with van der Waals surface area (Å²) in [6.07, 6.45) is 3.96. The minimum atomic E-state index is -0.428. The van der Waals surface area contributed by atoms with Crippen LogP contribution in [0.5, 0.6) is 0 Å². The van der Waals surface area contributed by atoms with E-state index in [0.29, 0.717) is 6.04 Å². The average molecular weight is 239 g/mol. The molecule has 2 N–H and O–H groups in total. The molecule has 1 heterocycles. The normalized spacial score (nSPS) is 19.2. The Hall–Kier alpha value is -0.940. The first-order valence-corrected chi connectivity index (χ1v) is 6.46. The lowest BCUT2D eigenvalue weighted by atomic mass is 10.2. The van der Waals surface area contributed by atoms with Crippen LogP contribution in [0, 0.1) is 0 Å². The Kier molecular flexibility index (Phi) is 3.25. The largest absolute Gasteiger partial charge is 0.329 e. The molecule has 16 heavy (non-hydrogen) atoms. The van der Waals surface area contributed by atoms with Gasteiger partial charge in [0.2, 0.25) is 5.91 Å². The van der Waals surface area contributed by atoms with Crippen molar-refractivity contribution in [2.24, 2.45) is 5.73 Å². The van der Waals surface area contributed by atoms with Crippen molar-refractivity contribution in [3.63, 3.8) is 0 Å². The minimum Gasteiger partial charge on any atom is -0.329 e. The second kappa shape index (κ2) is 4.51. The van der Waals surface area contributed by atoms with Crippen LogP contribution in [0.15, 0.2) is 11.6 Å². The molecule has 0 saturated heterocycles. The third-order valence-corrected chi connectivity index (χ3v) is 3.76. The lowest BCUT2D eigenvalue weighted by Crippen LogP contribution is -2.44. The molecule has 0 bridgehead atoms. The maximum atomic E-state index is 12.0. The molecule has 0 radical (unpaired) electrons. The molecule has 0 unspecified atom stereocenters. The molecule has 2 atom stereocenters. The van der Waals surface area contributed by atoms with Crippen LogP contribution in [0.25, 0.3) is 0 Å². The van der Waals surface area contributed by atoms with Gasteiger partial charge in [-0.2, -0.15) is 0 Å². The fourth-order valence-corrected chi connectivity index (χ4v) is 2.53. The van der Waals surface area contributed by atoms with Gasteiger partial charge in [0.05, 0.1) is 12.1 Å². The molecule has 1 aliphatic rings. The van der Waals surface area contributed by atoms with E-state index in [9.17, 15) is 4.79 Å². The van der Waals surface area contributed by atoms with Gasteiger partial charge in [-0.3, -0.25) is 4.79 Å². The van der Waals surface area contributed by atoms with Gasteiger partial charge in [0.15, 0.2) is 0 Å². The molecule has 88 valence electrons. The molecular weight excluding hydrogens is 222 g/mol. The summed E-state index contributed by atoms with van der Waals surface area (Å²) in [6.45, 7) is 3.77. The SMILES string of the molecule is C[C@H](N)C(=O)N(C1CC1)[C@H](C)c1nccs1. The molecule has 5 heteroatoms. The van der Waals surface area contributed by atoms with E-state index in [2.05, 4.69) is 4.98 Å². The molecule has 1 saturated carbocycles. The summed E-state index contributed by atoms with van der Waals surface area (Å²) in [5.41, 5.74) is 5.69. The number of aromatic nitrogens is 1. The number of nitrogens with zero attached hydrogens (tertiary/aromatic N) is 2. The van der Waals surface area contributed by atoms with Crippen molar-refractivity contribution in [1.29, 1.82) is 0 Å². The van der Waals surface area contributed by atoms with Gasteiger partial charge in [0.1, 0.15) is 5.01 Å². The lowest BCUT2D eigenvalue weighted by molar-refractivity contribution is -0.135. The molecule has 0 spiro atoms. The van der Waals surface area contributed by atoms with E-state index in [0.717, 1.165) is 17.8 Å². The number of hydrogen-bond donors (Lipinski definition) is 1. The number of hydrogen-bond acceptors (Lipinski definition) is 4. The van der Waals surface area contributed by atoms with Gasteiger partial charge in [0.25, 0.3) is 0 Å². The first-order chi connectivity index (χ1) is 7.61. The van der Waals surface area contributed by atoms with Gasteiger partial charge < -0.3 is 10.6 Å². The standard InChI is InChI=1S/C11H17N3OS/c1-7(12)11(15)14(9-3-4-9)8(2)10-13-5-6-16-10/h5-9H,3-4,12H2,1-2H3/t7-,8+/m0/s1. The quantitative estimate of drug-likeness (QED) is 0.867. The number of carbonyl (C=O) groups excluding carboxylic acids is 1. The predicted molar refractivity (Wildman–Crippen MR) is 64.0 cm³/mol. The number of nitrogens with two attached hydrogens (primary N) is 1. The lowest BCUT2D eigenvalue weighted by Gasteiger charge is -2.29. The molecular formula is C11H17N3OS. The van der Waals surface area contributed by atoms with Gasteiger partial charge in [-0.1, -0.05) is 0 Å². The van der Waals surface area contributed by atoms with E-state index in [1.807, 2.05) is 17.2 Å². The van der Waals surface area contributed by atoms with Gasteiger partial charge in [-0.25, -0.2) is 4.98 Å². The van der Waals surface area contributed by atoms with Crippen LogP contribution in [0.3, 0.4) is 0 Å². The van der Waals surface area contributed by atoms with Crippen molar-refractivity contribution in [2.75, 3.05) is 0 Å². The maximum absolute atomic E-state index is 12.0. The summed E-state index contributed by atoms with van der Waals surface area (Å²) in [7, 11) is 0. The van der Waals surface area contributed by atoms with Crippen molar-refractivity contribution in [1.82, 2.24) is 9.88 Å². The van der Waals surface area contributed by atoms with Gasteiger partial charge in [-0.05, 0) is 26.7 Å². The zero-order chi connectivity index (χ0) is 11.7. The van der Waals surface area contributed by atoms with Gasteiger partial charge in [0, 0.05) is 17.6 Å². The van der Waals surface area contributed by atoms with Crippen LogP contribution in [0.1, 0.15) is 37.7 Å². The van der Waals surface area contributed by atoms with Crippen LogP contribution in [-0.2, 0) is 4.79 Å². The van der Waals surface area contributed by atoms with E-state index >= 15 is 0 Å². The van der Waals surface area contributed by atoms with Crippen molar-refractivity contribution >= 4 is 17.2 Å². The second-order valence-corrected chi connectivity index (χ2v) is 5.24. The molecule has 1 fully saturated rings. The summed E-state index contributed by atoms with van der Waals surface area (Å²) in [4.78, 5) is 18.2. The highest BCUT2D eigenvalue weighted by molar-refractivity contribution is 7.09. The fraction of sp³-hybridized carbons (Fsp3) is 0.636. The zero-order valence-electron chi connectivity index (χ0n) is 9.59. The van der Waals surface area contributed by atoms with Gasteiger partial charge >= 0.3 is 0 Å². The highest BCUT2D eigenvalue weighted by atomic mass is 32.1. The first-order valence-electron chi connectivity index (χ1n) is 5.58. The molecule has 1 aromatic rings. The summed E-state index contributed by atoms with van der Waals surface area (Å²) < 4.78 is 0. The Balaban J connectivity index is 2.16. The van der Waals surface area contributed by atoms with E-state index in [4.69, 9.17) is 5.73 Å². The van der Waals surface area contributed by atoms with Crippen LogP contribution in [-0.4, -0.2) is 27.9 Å². The molecule has 4 nitrogen and oxygen atoms in total. The monoisotopic (exact) mass is 239 g/mol. The van der Waals surface area contributed by atoms with Crippen LogP contribution in [0.4, 0.5) is 0 Å². The summed E-state index contributed by atoms with van der Waals surface area (Å²) >= 11 is 1.59. The van der Waals surface area contributed by atoms with E-state index in [1.165, 1.54) is 0 Å². The smallest absolute Gasteiger partial charge is 0.240 e. The number of thiazole rings is 1. The van der Waals surface area contributed by atoms with Crippen LogP contribution < -0.4 is 5.73 Å². The van der Waals surface area contributed by atoms with Crippen molar-refractivity contribution < 1.29 is 4.79 Å². The molecule has 1 aliphatic carbocycles. The van der Waals surface area contributed by atoms with E-state index in [-0.39, 0.29) is 11.9 Å². The highest BCUT2D eigenvalue weighted by Gasteiger charge is 2.37. The molecule has 2 rings (SSSR count). The molecule has 0 aromatic carbocycles. The highest BCUT2D eigenvalue weighted by Crippen LogP contribution is 2.35. The zero-order valence-corrected chi connectivity index (χ0v) is 10.4. The van der Waals surface area contributed by atoms with Crippen LogP contribution in [0.2, 0.25) is 0 Å². The van der Waals surface area contributed by atoms with Crippen LogP contribution >= 0.6 is 11.3 Å². The summed E-state index contributed by atoms with van der Waals surface area (Å²) in [5, 5.41) is 2.92. The average Bonchev–Trinajstić information content (AvgIpc) is 2.93. The van der Waals surface area contributed by atoms with E-state index in [1.54, 1.807) is 24.5 Å². The third-order valence-electron chi connectivity index (χ3n) is 2.81. The summed E-state index contributed by atoms with van der Waals surface area (Å²) in [6, 6.07) is -0.00795. The summed E-state index contributed by atoms with van der Waals surface area (Å²) in [5.74, 6) is 0.0326. The Labute approximate surface area is 99.5 Å². The molecule has 1 aromatic heterocycles. The maximum Gasteiger partial charge on any atom is 0.240 e. The van der Waals surface area contributed by atoms with Gasteiger partial charge in [-0.15, -0.1) is 11.3 Å². The van der Waals surface area contributed by atoms with Crippen molar-refractivity contribution in [3.05, 3.63) is 16.6 Å². The van der Waals surface area contributed by atoms with Crippen molar-refractivity contribution in [3.8, 4) is 0 Å². The Bertz CT molecular complexity index is 359. The minimum absolute atomic E-state index is 0.0326. The predicted octanol–water partition coefficient (Wildman–Crippen LogP) is 1.54. The van der Waals surface area contributed by atoms with Crippen molar-refractivity contribution in [2.45, 2.75) is 44.8 Å². The third kappa shape index (κ3) is 2.25. The Morgan fingerprint density at radius 3 is 2.75 bits per heavy atom. The Morgan fingerprint density at radius 2 is 2.31 bits per heavy atom. The topological polar surface area (TPSA) is 59.2 Å². The second-order valence-electron chi connectivity index (χ2n) is 4.31. The van der Waals surface area contributed by atoms with E-state index < -0.39 is 6.04 Å². The number of carbonyl (C=O) groups is 1. The fourth-order valence-electron chi connectivity index (χ4n) is 1.83. The number of amides is 1. The first kappa shape index (κ1) is 11.5.